The Balaban J connectivity index is 1.24. The van der Waals surface area contributed by atoms with Gasteiger partial charge in [-0.2, -0.15) is 9.78 Å². The average molecular weight is 486 g/mol. The summed E-state index contributed by atoms with van der Waals surface area (Å²) >= 11 is 6.39. The standard InChI is InChI=1S/C25H32ClN5O3/c1-29(21-10-11-30(19-6-7-19)23(32)13-21)18-4-8-20(9-5-18)31-25(33)24(26)22(15-28-31)27-14-17-3-2-12-34-16-17/h4-5,8-9,15,17,19,21,27H,2-3,6-7,10-14,16H2,1H3/t17-,21?/m0/s1. The molecule has 1 aromatic carbocycles. The number of hydrogen-bond donors (Lipinski definition) is 1. The third kappa shape index (κ3) is 4.93. The molecule has 9 heteroatoms. The predicted octanol–water partition coefficient (Wildman–Crippen LogP) is 3.31. The highest BCUT2D eigenvalue weighted by atomic mass is 35.5. The largest absolute Gasteiger partial charge is 0.382 e. The highest BCUT2D eigenvalue weighted by Crippen LogP contribution is 2.32. The summed E-state index contributed by atoms with van der Waals surface area (Å²) in [5.41, 5.74) is 1.85. The van der Waals surface area contributed by atoms with Gasteiger partial charge < -0.3 is 19.9 Å². The zero-order valence-electron chi connectivity index (χ0n) is 19.6. The maximum absolute atomic E-state index is 12.9. The summed E-state index contributed by atoms with van der Waals surface area (Å²) in [6, 6.07) is 8.32. The molecule has 182 valence electrons. The molecule has 34 heavy (non-hydrogen) atoms. The lowest BCUT2D eigenvalue weighted by molar-refractivity contribution is -0.134. The van der Waals surface area contributed by atoms with Gasteiger partial charge in [-0.25, -0.2) is 0 Å². The molecule has 5 rings (SSSR count). The molecule has 1 aliphatic carbocycles. The molecule has 2 aliphatic heterocycles. The summed E-state index contributed by atoms with van der Waals surface area (Å²) in [5.74, 6) is 0.672. The first kappa shape index (κ1) is 23.2. The fraction of sp³-hybridized carbons (Fsp3) is 0.560. The van der Waals surface area contributed by atoms with Crippen LogP contribution in [0.2, 0.25) is 5.02 Å². The molecule has 0 radical (unpaired) electrons. The zero-order valence-corrected chi connectivity index (χ0v) is 20.3. The van der Waals surface area contributed by atoms with Crippen molar-refractivity contribution in [1.82, 2.24) is 14.7 Å². The van der Waals surface area contributed by atoms with Crippen LogP contribution >= 0.6 is 11.6 Å². The lowest BCUT2D eigenvalue weighted by Gasteiger charge is -2.37. The number of carbonyl (C=O) groups excluding carboxylic acids is 1. The first-order chi connectivity index (χ1) is 16.5. The van der Waals surface area contributed by atoms with Gasteiger partial charge in [0.05, 0.1) is 24.2 Å². The van der Waals surface area contributed by atoms with Crippen molar-refractivity contribution in [2.75, 3.05) is 43.6 Å². The number of nitrogens with zero attached hydrogens (tertiary/aromatic N) is 4. The molecule has 1 saturated carbocycles. The third-order valence-corrected chi connectivity index (χ3v) is 7.59. The van der Waals surface area contributed by atoms with E-state index in [9.17, 15) is 9.59 Å². The van der Waals surface area contributed by atoms with Gasteiger partial charge in [-0.1, -0.05) is 11.6 Å². The number of anilines is 2. The molecular formula is C25H32ClN5O3. The van der Waals surface area contributed by atoms with E-state index in [0.29, 0.717) is 36.3 Å². The molecule has 0 spiro atoms. The van der Waals surface area contributed by atoms with Gasteiger partial charge in [-0.3, -0.25) is 9.59 Å². The molecule has 3 heterocycles. The molecule has 1 N–H and O–H groups in total. The molecule has 1 amide bonds. The number of halogens is 1. The summed E-state index contributed by atoms with van der Waals surface area (Å²) in [6.07, 6.45) is 7.58. The number of rotatable bonds is 7. The zero-order chi connectivity index (χ0) is 23.7. The molecule has 1 unspecified atom stereocenters. The maximum Gasteiger partial charge on any atom is 0.292 e. The Hall–Kier alpha value is -2.58. The number of ether oxygens (including phenoxy) is 1. The summed E-state index contributed by atoms with van der Waals surface area (Å²) in [7, 11) is 2.03. The van der Waals surface area contributed by atoms with Crippen LogP contribution in [0.15, 0.2) is 35.3 Å². The molecular weight excluding hydrogens is 454 g/mol. The van der Waals surface area contributed by atoms with Gasteiger partial charge in [0, 0.05) is 50.9 Å². The number of aromatic nitrogens is 2. The molecule has 2 aromatic rings. The van der Waals surface area contributed by atoms with Crippen LogP contribution < -0.4 is 15.8 Å². The first-order valence-corrected chi connectivity index (χ1v) is 12.6. The summed E-state index contributed by atoms with van der Waals surface area (Å²) in [6.45, 7) is 3.08. The van der Waals surface area contributed by atoms with E-state index in [1.807, 2.05) is 31.3 Å². The van der Waals surface area contributed by atoms with Crippen molar-refractivity contribution in [2.45, 2.75) is 50.6 Å². The predicted molar refractivity (Wildman–Crippen MR) is 133 cm³/mol. The molecule has 0 bridgehead atoms. The molecule has 3 aliphatic rings. The van der Waals surface area contributed by atoms with E-state index in [0.717, 1.165) is 57.6 Å². The normalized spacial score (nSPS) is 23.1. The van der Waals surface area contributed by atoms with Crippen molar-refractivity contribution < 1.29 is 9.53 Å². The van der Waals surface area contributed by atoms with Crippen LogP contribution in [0.3, 0.4) is 0 Å². The molecule has 1 aromatic heterocycles. The summed E-state index contributed by atoms with van der Waals surface area (Å²) in [4.78, 5) is 29.6. The molecule has 8 nitrogen and oxygen atoms in total. The van der Waals surface area contributed by atoms with Crippen LogP contribution in [0, 0.1) is 5.92 Å². The number of carbonyl (C=O) groups is 1. The van der Waals surface area contributed by atoms with Gasteiger partial charge in [0.2, 0.25) is 5.91 Å². The lowest BCUT2D eigenvalue weighted by atomic mass is 10.0. The number of nitrogens with one attached hydrogen (secondary N) is 1. The quantitative estimate of drug-likeness (QED) is 0.648. The van der Waals surface area contributed by atoms with Crippen LogP contribution in [0.4, 0.5) is 11.4 Å². The Kier molecular flexibility index (Phi) is 6.79. The minimum Gasteiger partial charge on any atom is -0.382 e. The fourth-order valence-corrected chi connectivity index (χ4v) is 5.13. The Morgan fingerprint density at radius 3 is 2.65 bits per heavy atom. The second kappa shape index (κ2) is 9.96. The van der Waals surface area contributed by atoms with Crippen molar-refractivity contribution in [3.05, 3.63) is 45.8 Å². The first-order valence-electron chi connectivity index (χ1n) is 12.2. The van der Waals surface area contributed by atoms with Gasteiger partial charge in [0.25, 0.3) is 5.56 Å². The van der Waals surface area contributed by atoms with E-state index >= 15 is 0 Å². The van der Waals surface area contributed by atoms with E-state index in [1.165, 1.54) is 4.68 Å². The smallest absolute Gasteiger partial charge is 0.292 e. The lowest BCUT2D eigenvalue weighted by Crippen LogP contribution is -2.47. The Labute approximate surface area is 204 Å². The maximum atomic E-state index is 12.9. The van der Waals surface area contributed by atoms with Crippen LogP contribution in [-0.4, -0.2) is 66.0 Å². The van der Waals surface area contributed by atoms with Crippen molar-refractivity contribution in [3.8, 4) is 5.69 Å². The van der Waals surface area contributed by atoms with E-state index in [1.54, 1.807) is 6.20 Å². The van der Waals surface area contributed by atoms with Gasteiger partial charge in [0.15, 0.2) is 0 Å². The average Bonchev–Trinajstić information content (AvgIpc) is 3.71. The monoisotopic (exact) mass is 485 g/mol. The van der Waals surface area contributed by atoms with E-state index < -0.39 is 0 Å². The topological polar surface area (TPSA) is 79.7 Å². The third-order valence-electron chi connectivity index (χ3n) is 7.23. The Morgan fingerprint density at radius 2 is 1.97 bits per heavy atom. The van der Waals surface area contributed by atoms with Crippen molar-refractivity contribution in [3.63, 3.8) is 0 Å². The van der Waals surface area contributed by atoms with Gasteiger partial charge >= 0.3 is 0 Å². The molecule has 2 atom stereocenters. The van der Waals surface area contributed by atoms with E-state index in [2.05, 4.69) is 20.2 Å². The second-order valence-electron chi connectivity index (χ2n) is 9.65. The highest BCUT2D eigenvalue weighted by molar-refractivity contribution is 6.32. The van der Waals surface area contributed by atoms with Gasteiger partial charge in [0.1, 0.15) is 5.02 Å². The summed E-state index contributed by atoms with van der Waals surface area (Å²) < 4.78 is 6.83. The number of hydrogen-bond acceptors (Lipinski definition) is 6. The van der Waals surface area contributed by atoms with Crippen LogP contribution in [-0.2, 0) is 9.53 Å². The second-order valence-corrected chi connectivity index (χ2v) is 10.0. The number of piperidine rings is 1. The van der Waals surface area contributed by atoms with Crippen LogP contribution in [0.25, 0.3) is 5.69 Å². The number of amides is 1. The Morgan fingerprint density at radius 1 is 1.18 bits per heavy atom. The summed E-state index contributed by atoms with van der Waals surface area (Å²) in [5, 5.41) is 7.73. The Bertz CT molecular complexity index is 1080. The minimum absolute atomic E-state index is 0.133. The minimum atomic E-state index is -0.356. The number of benzene rings is 1. The van der Waals surface area contributed by atoms with Crippen LogP contribution in [0.1, 0.15) is 38.5 Å². The van der Waals surface area contributed by atoms with Gasteiger partial charge in [-0.15, -0.1) is 0 Å². The van der Waals surface area contributed by atoms with E-state index in [4.69, 9.17) is 16.3 Å². The van der Waals surface area contributed by atoms with Gasteiger partial charge in [-0.05, 0) is 62.3 Å². The molecule has 2 saturated heterocycles. The SMILES string of the molecule is CN(c1ccc(-n2ncc(NC[C@@H]3CCCOC3)c(Cl)c2=O)cc1)C1CCN(C2CC2)C(=O)C1. The van der Waals surface area contributed by atoms with Crippen molar-refractivity contribution in [2.24, 2.45) is 5.92 Å². The fourth-order valence-electron chi connectivity index (χ4n) is 4.94. The van der Waals surface area contributed by atoms with Crippen molar-refractivity contribution in [1.29, 1.82) is 0 Å². The van der Waals surface area contributed by atoms with Crippen molar-refractivity contribution >= 4 is 28.9 Å². The highest BCUT2D eigenvalue weighted by Gasteiger charge is 2.37. The van der Waals surface area contributed by atoms with Crippen LogP contribution in [0.5, 0.6) is 0 Å². The number of likely N-dealkylation sites (tertiary alicyclic amines) is 1. The van der Waals surface area contributed by atoms with E-state index in [-0.39, 0.29) is 22.5 Å². The molecule has 3 fully saturated rings.